The van der Waals surface area contributed by atoms with Gasteiger partial charge in [0.2, 0.25) is 0 Å². The molecule has 5 heteroatoms. The predicted octanol–water partition coefficient (Wildman–Crippen LogP) is -0.0336. The molecule has 0 aromatic carbocycles. The molecule has 0 aromatic rings. The molecule has 0 aliphatic carbocycles. The van der Waals surface area contributed by atoms with Crippen LogP contribution in [0.15, 0.2) is 0 Å². The molecule has 2 aliphatic heterocycles. The summed E-state index contributed by atoms with van der Waals surface area (Å²) in [6.45, 7) is 0.339. The Morgan fingerprint density at radius 1 is 1.36 bits per heavy atom. The summed E-state index contributed by atoms with van der Waals surface area (Å²) in [7, 11) is 0. The van der Waals surface area contributed by atoms with Crippen molar-refractivity contribution in [1.82, 2.24) is 5.32 Å². The van der Waals surface area contributed by atoms with Gasteiger partial charge in [-0.25, -0.2) is 0 Å². The molecule has 0 bridgehead atoms. The summed E-state index contributed by atoms with van der Waals surface area (Å²) in [5, 5.41) is 2.67. The third-order valence-electron chi connectivity index (χ3n) is 1.92. The van der Waals surface area contributed by atoms with Gasteiger partial charge in [0.1, 0.15) is 6.10 Å². The average molecular weight is 165 g/mol. The lowest BCUT2D eigenvalue weighted by atomic mass is 10.2. The zero-order chi connectivity index (χ0) is 7.90. The van der Waals surface area contributed by atoms with E-state index < -0.39 is 18.8 Å². The number of hydrogen-bond acceptors (Lipinski definition) is 3. The third-order valence-corrected chi connectivity index (χ3v) is 1.92. The van der Waals surface area contributed by atoms with Crippen molar-refractivity contribution in [3.63, 3.8) is 0 Å². The monoisotopic (exact) mass is 165 g/mol. The summed E-state index contributed by atoms with van der Waals surface area (Å²) >= 11 is 0. The van der Waals surface area contributed by atoms with Crippen LogP contribution in [0.1, 0.15) is 0 Å². The molecule has 0 amide bonds. The van der Waals surface area contributed by atoms with Crippen LogP contribution in [0.4, 0.5) is 8.78 Å². The van der Waals surface area contributed by atoms with Crippen LogP contribution in [0.2, 0.25) is 0 Å². The van der Waals surface area contributed by atoms with E-state index in [0.29, 0.717) is 6.61 Å². The molecule has 2 aliphatic rings. The van der Waals surface area contributed by atoms with Crippen molar-refractivity contribution in [3.8, 4) is 0 Å². The van der Waals surface area contributed by atoms with Gasteiger partial charge in [0, 0.05) is 0 Å². The van der Waals surface area contributed by atoms with Gasteiger partial charge >= 0.3 is 6.11 Å². The van der Waals surface area contributed by atoms with Crippen LogP contribution in [0.3, 0.4) is 0 Å². The maximum Gasteiger partial charge on any atom is 0.368 e. The number of ether oxygens (including phenoxy) is 2. The minimum absolute atomic E-state index is 0.0466. The first-order valence-electron chi connectivity index (χ1n) is 3.54. The van der Waals surface area contributed by atoms with Crippen molar-refractivity contribution in [2.45, 2.75) is 18.3 Å². The minimum atomic E-state index is -3.02. The SMILES string of the molecule is FC1(F)CN[C@H]2COC[C@H]2O1. The van der Waals surface area contributed by atoms with E-state index in [1.165, 1.54) is 0 Å². The van der Waals surface area contributed by atoms with Crippen LogP contribution >= 0.6 is 0 Å². The third kappa shape index (κ3) is 1.36. The molecule has 0 spiro atoms. The summed E-state index contributed by atoms with van der Waals surface area (Å²) in [5.74, 6) is 0. The van der Waals surface area contributed by atoms with E-state index >= 15 is 0 Å². The van der Waals surface area contributed by atoms with Crippen LogP contribution in [-0.4, -0.2) is 38.0 Å². The molecule has 64 valence electrons. The summed E-state index contributed by atoms with van der Waals surface area (Å²) in [5.41, 5.74) is 0. The van der Waals surface area contributed by atoms with Gasteiger partial charge in [0.25, 0.3) is 0 Å². The lowest BCUT2D eigenvalue weighted by molar-refractivity contribution is -0.277. The quantitative estimate of drug-likeness (QED) is 0.546. The number of nitrogens with one attached hydrogen (secondary N) is 1. The fraction of sp³-hybridized carbons (Fsp3) is 1.00. The summed E-state index contributed by atoms with van der Waals surface area (Å²) < 4.78 is 34.4. The highest BCUT2D eigenvalue weighted by Gasteiger charge is 2.44. The number of halogens is 2. The molecule has 1 N–H and O–H groups in total. The molecule has 2 fully saturated rings. The van der Waals surface area contributed by atoms with E-state index in [2.05, 4.69) is 10.1 Å². The van der Waals surface area contributed by atoms with Crippen molar-refractivity contribution >= 4 is 0 Å². The zero-order valence-electron chi connectivity index (χ0n) is 5.85. The van der Waals surface area contributed by atoms with Crippen LogP contribution in [-0.2, 0) is 9.47 Å². The lowest BCUT2D eigenvalue weighted by Gasteiger charge is -2.31. The first kappa shape index (κ1) is 7.39. The van der Waals surface area contributed by atoms with E-state index in [0.717, 1.165) is 0 Å². The van der Waals surface area contributed by atoms with Gasteiger partial charge in [0.15, 0.2) is 0 Å². The molecule has 2 atom stereocenters. The van der Waals surface area contributed by atoms with Gasteiger partial charge < -0.3 is 14.8 Å². The second kappa shape index (κ2) is 2.36. The standard InChI is InChI=1S/C6H9F2NO2/c7-6(8)3-9-4-1-10-2-5(4)11-6/h4-5,9H,1-3H2/t4-,5+/m0/s1. The Morgan fingerprint density at radius 3 is 3.00 bits per heavy atom. The summed E-state index contributed by atoms with van der Waals surface area (Å²) in [4.78, 5) is 0. The highest BCUT2D eigenvalue weighted by atomic mass is 19.3. The lowest BCUT2D eigenvalue weighted by Crippen LogP contribution is -2.54. The second-order valence-corrected chi connectivity index (χ2v) is 2.82. The number of hydrogen-bond donors (Lipinski definition) is 1. The van der Waals surface area contributed by atoms with E-state index in [1.54, 1.807) is 0 Å². The van der Waals surface area contributed by atoms with Gasteiger partial charge in [0.05, 0.1) is 25.8 Å². The number of alkyl halides is 2. The van der Waals surface area contributed by atoms with Crippen LogP contribution in [0.5, 0.6) is 0 Å². The predicted molar refractivity (Wildman–Crippen MR) is 32.4 cm³/mol. The molecule has 0 unspecified atom stereocenters. The van der Waals surface area contributed by atoms with Crippen molar-refractivity contribution in [3.05, 3.63) is 0 Å². The fourth-order valence-electron chi connectivity index (χ4n) is 1.35. The Hall–Kier alpha value is -0.260. The zero-order valence-corrected chi connectivity index (χ0v) is 5.85. The smallest absolute Gasteiger partial charge is 0.368 e. The largest absolute Gasteiger partial charge is 0.377 e. The number of morpholine rings is 1. The van der Waals surface area contributed by atoms with Gasteiger partial charge in [-0.3, -0.25) is 0 Å². The van der Waals surface area contributed by atoms with Crippen LogP contribution in [0.25, 0.3) is 0 Å². The van der Waals surface area contributed by atoms with E-state index in [9.17, 15) is 8.78 Å². The number of fused-ring (bicyclic) bond motifs is 1. The molecule has 11 heavy (non-hydrogen) atoms. The highest BCUT2D eigenvalue weighted by Crippen LogP contribution is 2.25. The molecule has 2 saturated heterocycles. The van der Waals surface area contributed by atoms with Gasteiger partial charge in [-0.1, -0.05) is 0 Å². The molecular weight excluding hydrogens is 156 g/mol. The molecule has 0 aromatic heterocycles. The molecule has 2 rings (SSSR count). The van der Waals surface area contributed by atoms with Crippen molar-refractivity contribution < 1.29 is 18.3 Å². The molecule has 0 saturated carbocycles. The Labute approximate surface area is 62.7 Å². The molecular formula is C6H9F2NO2. The summed E-state index contributed by atoms with van der Waals surface area (Å²) in [6, 6.07) is -0.0466. The average Bonchev–Trinajstić information content (AvgIpc) is 2.31. The Balaban J connectivity index is 2.02. The van der Waals surface area contributed by atoms with E-state index in [4.69, 9.17) is 4.74 Å². The van der Waals surface area contributed by atoms with Crippen molar-refractivity contribution in [1.29, 1.82) is 0 Å². The topological polar surface area (TPSA) is 30.5 Å². The first-order valence-corrected chi connectivity index (χ1v) is 3.54. The van der Waals surface area contributed by atoms with Crippen molar-refractivity contribution in [2.75, 3.05) is 19.8 Å². The Kier molecular flexibility index (Phi) is 1.59. The maximum atomic E-state index is 12.5. The van der Waals surface area contributed by atoms with Crippen molar-refractivity contribution in [2.24, 2.45) is 0 Å². The molecule has 0 radical (unpaired) electrons. The van der Waals surface area contributed by atoms with Gasteiger partial charge in [-0.2, -0.15) is 8.78 Å². The van der Waals surface area contributed by atoms with Crippen LogP contribution in [0, 0.1) is 0 Å². The number of rotatable bonds is 0. The molecule has 2 heterocycles. The Bertz CT molecular complexity index is 165. The van der Waals surface area contributed by atoms with Gasteiger partial charge in [-0.15, -0.1) is 0 Å². The molecule has 3 nitrogen and oxygen atoms in total. The van der Waals surface area contributed by atoms with Gasteiger partial charge in [-0.05, 0) is 0 Å². The van der Waals surface area contributed by atoms with Crippen LogP contribution < -0.4 is 5.32 Å². The van der Waals surface area contributed by atoms with E-state index in [1.807, 2.05) is 0 Å². The first-order chi connectivity index (χ1) is 5.17. The maximum absolute atomic E-state index is 12.5. The fourth-order valence-corrected chi connectivity index (χ4v) is 1.35. The Morgan fingerprint density at radius 2 is 2.18 bits per heavy atom. The second-order valence-electron chi connectivity index (χ2n) is 2.82. The highest BCUT2D eigenvalue weighted by molar-refractivity contribution is 4.87. The summed E-state index contributed by atoms with van der Waals surface area (Å²) in [6.07, 6.45) is -3.49. The normalized spacial score (nSPS) is 42.0. The van der Waals surface area contributed by atoms with E-state index in [-0.39, 0.29) is 12.6 Å². The minimum Gasteiger partial charge on any atom is -0.377 e.